The van der Waals surface area contributed by atoms with Crippen molar-refractivity contribution in [2.75, 3.05) is 0 Å². The Morgan fingerprint density at radius 3 is 3.00 bits per heavy atom. The third kappa shape index (κ3) is 1.08. The second-order valence-electron chi connectivity index (χ2n) is 2.86. The molecule has 0 aliphatic rings. The molecule has 0 aliphatic carbocycles. The molecule has 0 unspecified atom stereocenters. The predicted octanol–water partition coefficient (Wildman–Crippen LogP) is 1.14. The summed E-state index contributed by atoms with van der Waals surface area (Å²) in [6.07, 6.45) is 3.82. The Morgan fingerprint density at radius 2 is 2.25 bits per heavy atom. The van der Waals surface area contributed by atoms with Gasteiger partial charge in [-0.05, 0) is 18.6 Å². The minimum absolute atomic E-state index is 0.000722. The zero-order valence-corrected chi connectivity index (χ0v) is 6.86. The summed E-state index contributed by atoms with van der Waals surface area (Å²) in [5.41, 5.74) is 2.77. The highest BCUT2D eigenvalue weighted by Gasteiger charge is 1.98. The fourth-order valence-corrected chi connectivity index (χ4v) is 1.23. The number of aliphatic hydroxyl groups excluding tert-OH is 1. The monoisotopic (exact) mass is 162 g/mol. The largest absolute Gasteiger partial charge is 0.390 e. The molecule has 0 spiro atoms. The number of imidazole rings is 1. The van der Waals surface area contributed by atoms with Gasteiger partial charge in [-0.2, -0.15) is 0 Å². The molecule has 3 nitrogen and oxygen atoms in total. The number of rotatable bonds is 1. The molecule has 0 radical (unpaired) electrons. The molecule has 3 heteroatoms. The first-order valence-corrected chi connectivity index (χ1v) is 3.85. The van der Waals surface area contributed by atoms with E-state index in [-0.39, 0.29) is 6.61 Å². The minimum atomic E-state index is 0.000722. The molecule has 1 N–H and O–H groups in total. The first-order valence-electron chi connectivity index (χ1n) is 3.85. The first-order chi connectivity index (χ1) is 5.79. The summed E-state index contributed by atoms with van der Waals surface area (Å²) in [7, 11) is 0. The number of aryl methyl sites for hydroxylation is 1. The number of aromatic nitrogens is 2. The second kappa shape index (κ2) is 2.60. The van der Waals surface area contributed by atoms with Gasteiger partial charge in [-0.3, -0.25) is 0 Å². The van der Waals surface area contributed by atoms with Gasteiger partial charge in [-0.1, -0.05) is 6.07 Å². The van der Waals surface area contributed by atoms with E-state index in [1.807, 2.05) is 35.9 Å². The molecule has 2 aromatic rings. The molecule has 0 saturated carbocycles. The topological polar surface area (TPSA) is 37.5 Å². The van der Waals surface area contributed by atoms with E-state index in [0.717, 1.165) is 5.65 Å². The molecule has 62 valence electrons. The molecule has 0 atom stereocenters. The van der Waals surface area contributed by atoms with Crippen LogP contribution in [-0.4, -0.2) is 14.5 Å². The lowest BCUT2D eigenvalue weighted by molar-refractivity contribution is 0.277. The summed E-state index contributed by atoms with van der Waals surface area (Å²) in [5.74, 6) is 0. The number of pyridine rings is 1. The van der Waals surface area contributed by atoms with Crippen molar-refractivity contribution in [1.29, 1.82) is 0 Å². The Kier molecular flexibility index (Phi) is 1.59. The Balaban J connectivity index is 2.67. The summed E-state index contributed by atoms with van der Waals surface area (Å²) in [5, 5.41) is 8.83. The van der Waals surface area contributed by atoms with Gasteiger partial charge in [-0.25, -0.2) is 4.98 Å². The van der Waals surface area contributed by atoms with Crippen LogP contribution in [0.4, 0.5) is 0 Å². The average Bonchev–Trinajstić information content (AvgIpc) is 2.46. The van der Waals surface area contributed by atoms with Gasteiger partial charge in [0.05, 0.1) is 12.3 Å². The SMILES string of the molecule is Cc1ccc2nc(CO)cn2c1. The maximum Gasteiger partial charge on any atom is 0.137 e. The molecule has 2 heterocycles. The van der Waals surface area contributed by atoms with Crippen molar-refractivity contribution in [1.82, 2.24) is 9.38 Å². The second-order valence-corrected chi connectivity index (χ2v) is 2.86. The van der Waals surface area contributed by atoms with Crippen molar-refractivity contribution in [3.05, 3.63) is 35.8 Å². The molecule has 2 rings (SSSR count). The van der Waals surface area contributed by atoms with Crippen LogP contribution >= 0.6 is 0 Å². The molecule has 0 aliphatic heterocycles. The molecule has 0 bridgehead atoms. The van der Waals surface area contributed by atoms with Gasteiger partial charge in [0.1, 0.15) is 5.65 Å². The lowest BCUT2D eigenvalue weighted by Gasteiger charge is -1.92. The van der Waals surface area contributed by atoms with E-state index in [9.17, 15) is 0 Å². The van der Waals surface area contributed by atoms with Gasteiger partial charge in [0.15, 0.2) is 0 Å². The Morgan fingerprint density at radius 1 is 1.42 bits per heavy atom. The number of aliphatic hydroxyl groups is 1. The van der Waals surface area contributed by atoms with E-state index in [0.29, 0.717) is 5.69 Å². The average molecular weight is 162 g/mol. The highest BCUT2D eigenvalue weighted by molar-refractivity contribution is 5.40. The van der Waals surface area contributed by atoms with Gasteiger partial charge < -0.3 is 9.51 Å². The molecular weight excluding hydrogens is 152 g/mol. The number of hydrogen-bond donors (Lipinski definition) is 1. The molecule has 0 fully saturated rings. The van der Waals surface area contributed by atoms with E-state index in [1.165, 1.54) is 5.56 Å². The van der Waals surface area contributed by atoms with Crippen LogP contribution in [0.15, 0.2) is 24.5 Å². The smallest absolute Gasteiger partial charge is 0.137 e. The van der Waals surface area contributed by atoms with Crippen LogP contribution in [-0.2, 0) is 6.61 Å². The van der Waals surface area contributed by atoms with Crippen LogP contribution in [0.1, 0.15) is 11.3 Å². The number of fused-ring (bicyclic) bond motifs is 1. The Bertz CT molecular complexity index is 406. The van der Waals surface area contributed by atoms with E-state index in [1.54, 1.807) is 0 Å². The summed E-state index contributed by atoms with van der Waals surface area (Å²) >= 11 is 0. The van der Waals surface area contributed by atoms with Crippen LogP contribution < -0.4 is 0 Å². The van der Waals surface area contributed by atoms with Crippen molar-refractivity contribution in [3.8, 4) is 0 Å². The highest BCUT2D eigenvalue weighted by atomic mass is 16.3. The van der Waals surface area contributed by atoms with Crippen molar-refractivity contribution in [3.63, 3.8) is 0 Å². The van der Waals surface area contributed by atoms with Gasteiger partial charge >= 0.3 is 0 Å². The van der Waals surface area contributed by atoms with Crippen molar-refractivity contribution in [2.45, 2.75) is 13.5 Å². The zero-order chi connectivity index (χ0) is 8.55. The van der Waals surface area contributed by atoms with E-state index < -0.39 is 0 Å². The van der Waals surface area contributed by atoms with E-state index in [2.05, 4.69) is 4.98 Å². The lowest BCUT2D eigenvalue weighted by Crippen LogP contribution is -1.82. The van der Waals surface area contributed by atoms with Gasteiger partial charge in [-0.15, -0.1) is 0 Å². The van der Waals surface area contributed by atoms with E-state index in [4.69, 9.17) is 5.11 Å². The third-order valence-electron chi connectivity index (χ3n) is 1.81. The fraction of sp³-hybridized carbons (Fsp3) is 0.222. The summed E-state index contributed by atoms with van der Waals surface area (Å²) in [6, 6.07) is 3.94. The minimum Gasteiger partial charge on any atom is -0.390 e. The van der Waals surface area contributed by atoms with Crippen molar-refractivity contribution < 1.29 is 5.11 Å². The Hall–Kier alpha value is -1.35. The predicted molar refractivity (Wildman–Crippen MR) is 45.9 cm³/mol. The summed E-state index contributed by atoms with van der Waals surface area (Å²) in [4.78, 5) is 4.19. The molecule has 12 heavy (non-hydrogen) atoms. The first kappa shape index (κ1) is 7.31. The quantitative estimate of drug-likeness (QED) is 0.682. The number of nitrogens with zero attached hydrogens (tertiary/aromatic N) is 2. The van der Waals surface area contributed by atoms with Crippen LogP contribution in [0.2, 0.25) is 0 Å². The van der Waals surface area contributed by atoms with Crippen LogP contribution in [0, 0.1) is 6.92 Å². The van der Waals surface area contributed by atoms with E-state index >= 15 is 0 Å². The van der Waals surface area contributed by atoms with Gasteiger partial charge in [0.25, 0.3) is 0 Å². The molecule has 0 aromatic carbocycles. The fourth-order valence-electron chi connectivity index (χ4n) is 1.23. The Labute approximate surface area is 70.3 Å². The molecule has 0 amide bonds. The zero-order valence-electron chi connectivity index (χ0n) is 6.86. The lowest BCUT2D eigenvalue weighted by atomic mass is 10.3. The maximum absolute atomic E-state index is 8.83. The van der Waals surface area contributed by atoms with Gasteiger partial charge in [0.2, 0.25) is 0 Å². The summed E-state index contributed by atoms with van der Waals surface area (Å²) < 4.78 is 1.92. The van der Waals surface area contributed by atoms with Crippen LogP contribution in [0.5, 0.6) is 0 Å². The third-order valence-corrected chi connectivity index (χ3v) is 1.81. The molecule has 0 saturated heterocycles. The van der Waals surface area contributed by atoms with Crippen LogP contribution in [0.25, 0.3) is 5.65 Å². The number of hydrogen-bond acceptors (Lipinski definition) is 2. The highest BCUT2D eigenvalue weighted by Crippen LogP contribution is 2.06. The summed E-state index contributed by atoms with van der Waals surface area (Å²) in [6.45, 7) is 2.03. The molecular formula is C9H10N2O. The molecule has 2 aromatic heterocycles. The normalized spacial score (nSPS) is 10.8. The van der Waals surface area contributed by atoms with Crippen molar-refractivity contribution >= 4 is 5.65 Å². The standard InChI is InChI=1S/C9H10N2O/c1-7-2-3-9-10-8(6-12)5-11(9)4-7/h2-5,12H,6H2,1H3. The van der Waals surface area contributed by atoms with Gasteiger partial charge in [0, 0.05) is 12.4 Å². The van der Waals surface area contributed by atoms with Crippen LogP contribution in [0.3, 0.4) is 0 Å². The van der Waals surface area contributed by atoms with Crippen molar-refractivity contribution in [2.24, 2.45) is 0 Å². The maximum atomic E-state index is 8.83.